The van der Waals surface area contributed by atoms with Gasteiger partial charge in [-0.25, -0.2) is 4.98 Å². The topological polar surface area (TPSA) is 73.7 Å². The standard InChI is InChI=1S/C23H27N3O4S/c1-14(2)22(27)25-10-8-17-19(12-25)31-21-20(17)23(28)26(13-24-21)9-7-15-11-16(29-3)5-6-18(15)30-4/h5-6,11,13-14H,7-10,12H2,1-4H3. The average Bonchev–Trinajstić information content (AvgIpc) is 3.16. The van der Waals surface area contributed by atoms with Gasteiger partial charge in [0.05, 0.1) is 32.5 Å². The molecule has 2 aromatic heterocycles. The van der Waals surface area contributed by atoms with Crippen molar-refractivity contribution in [2.24, 2.45) is 5.92 Å². The van der Waals surface area contributed by atoms with Gasteiger partial charge in [-0.05, 0) is 42.2 Å². The lowest BCUT2D eigenvalue weighted by Crippen LogP contribution is -2.38. The SMILES string of the molecule is COc1ccc(OC)c(CCn2cnc3sc4c(c3c2=O)CCN(C(=O)C(C)C)C4)c1. The summed E-state index contributed by atoms with van der Waals surface area (Å²) < 4.78 is 12.4. The number of ether oxygens (including phenoxy) is 2. The molecule has 0 aliphatic carbocycles. The number of aromatic nitrogens is 2. The Balaban J connectivity index is 1.61. The van der Waals surface area contributed by atoms with Gasteiger partial charge in [0.15, 0.2) is 0 Å². The van der Waals surface area contributed by atoms with Crippen molar-refractivity contribution in [3.63, 3.8) is 0 Å². The minimum absolute atomic E-state index is 0.0204. The maximum atomic E-state index is 13.3. The third-order valence-corrected chi connectivity index (χ3v) is 6.87. The second kappa shape index (κ2) is 8.70. The average molecular weight is 442 g/mol. The van der Waals surface area contributed by atoms with Gasteiger partial charge in [-0.2, -0.15) is 0 Å². The summed E-state index contributed by atoms with van der Waals surface area (Å²) in [5.74, 6) is 1.65. The molecule has 1 aliphatic heterocycles. The molecule has 3 aromatic rings. The quantitative estimate of drug-likeness (QED) is 0.587. The van der Waals surface area contributed by atoms with Crippen LogP contribution in [0.5, 0.6) is 11.5 Å². The minimum Gasteiger partial charge on any atom is -0.497 e. The summed E-state index contributed by atoms with van der Waals surface area (Å²) in [6.07, 6.45) is 2.94. The summed E-state index contributed by atoms with van der Waals surface area (Å²) in [4.78, 5) is 33.9. The predicted octanol–water partition coefficient (Wildman–Crippen LogP) is 3.26. The van der Waals surface area contributed by atoms with Crippen molar-refractivity contribution in [3.8, 4) is 11.5 Å². The normalized spacial score (nSPS) is 13.5. The van der Waals surface area contributed by atoms with Crippen LogP contribution in [0.25, 0.3) is 10.2 Å². The second-order valence-electron chi connectivity index (χ2n) is 8.02. The summed E-state index contributed by atoms with van der Waals surface area (Å²) in [5.41, 5.74) is 2.01. The Morgan fingerprint density at radius 3 is 2.77 bits per heavy atom. The Labute approximate surface area is 185 Å². The summed E-state index contributed by atoms with van der Waals surface area (Å²) in [5, 5.41) is 0.705. The van der Waals surface area contributed by atoms with E-state index in [1.54, 1.807) is 25.1 Å². The highest BCUT2D eigenvalue weighted by Crippen LogP contribution is 2.33. The van der Waals surface area contributed by atoms with Gasteiger partial charge in [-0.3, -0.25) is 14.2 Å². The van der Waals surface area contributed by atoms with Gasteiger partial charge < -0.3 is 14.4 Å². The zero-order valence-electron chi connectivity index (χ0n) is 18.3. The van der Waals surface area contributed by atoms with Gasteiger partial charge in [-0.15, -0.1) is 11.3 Å². The van der Waals surface area contributed by atoms with E-state index in [1.807, 2.05) is 36.9 Å². The van der Waals surface area contributed by atoms with Crippen LogP contribution in [0.3, 0.4) is 0 Å². The molecular weight excluding hydrogens is 414 g/mol. The molecule has 0 fully saturated rings. The molecule has 31 heavy (non-hydrogen) atoms. The van der Waals surface area contributed by atoms with E-state index >= 15 is 0 Å². The van der Waals surface area contributed by atoms with Crippen LogP contribution < -0.4 is 15.0 Å². The molecule has 1 aromatic carbocycles. The third-order valence-electron chi connectivity index (χ3n) is 5.74. The van der Waals surface area contributed by atoms with Crippen LogP contribution in [0.4, 0.5) is 0 Å². The smallest absolute Gasteiger partial charge is 0.262 e. The van der Waals surface area contributed by atoms with E-state index in [1.165, 1.54) is 11.3 Å². The number of nitrogens with zero attached hydrogens (tertiary/aromatic N) is 3. The van der Waals surface area contributed by atoms with Crippen molar-refractivity contribution in [1.82, 2.24) is 14.5 Å². The molecule has 8 heteroatoms. The monoisotopic (exact) mass is 441 g/mol. The van der Waals surface area contributed by atoms with Crippen molar-refractivity contribution in [3.05, 3.63) is 50.9 Å². The molecule has 0 saturated heterocycles. The van der Waals surface area contributed by atoms with Gasteiger partial charge in [0.1, 0.15) is 16.3 Å². The van der Waals surface area contributed by atoms with Crippen molar-refractivity contribution < 1.29 is 14.3 Å². The highest BCUT2D eigenvalue weighted by Gasteiger charge is 2.27. The maximum absolute atomic E-state index is 13.3. The minimum atomic E-state index is -0.0279. The molecule has 1 aliphatic rings. The van der Waals surface area contributed by atoms with E-state index in [-0.39, 0.29) is 17.4 Å². The fourth-order valence-corrected chi connectivity index (χ4v) is 5.24. The molecule has 0 spiro atoms. The number of fused-ring (bicyclic) bond motifs is 3. The summed E-state index contributed by atoms with van der Waals surface area (Å²) in [7, 11) is 3.26. The first-order valence-electron chi connectivity index (χ1n) is 10.4. The van der Waals surface area contributed by atoms with Crippen LogP contribution in [-0.2, 0) is 30.7 Å². The fourth-order valence-electron chi connectivity index (χ4n) is 4.05. The molecule has 164 valence electrons. The summed E-state index contributed by atoms with van der Waals surface area (Å²) in [6.45, 7) is 5.54. The van der Waals surface area contributed by atoms with E-state index < -0.39 is 0 Å². The largest absolute Gasteiger partial charge is 0.497 e. The first-order valence-corrected chi connectivity index (χ1v) is 11.2. The van der Waals surface area contributed by atoms with Crippen molar-refractivity contribution in [1.29, 1.82) is 0 Å². The van der Waals surface area contributed by atoms with E-state index in [9.17, 15) is 9.59 Å². The number of carbonyl (C=O) groups is 1. The van der Waals surface area contributed by atoms with Crippen LogP contribution in [0.15, 0.2) is 29.3 Å². The number of amides is 1. The number of aryl methyl sites for hydroxylation is 2. The van der Waals surface area contributed by atoms with Gasteiger partial charge in [0.2, 0.25) is 5.91 Å². The Morgan fingerprint density at radius 1 is 1.26 bits per heavy atom. The molecule has 4 rings (SSSR count). The molecular formula is C23H27N3O4S. The number of rotatable bonds is 6. The van der Waals surface area contributed by atoms with Gasteiger partial charge in [0, 0.05) is 23.9 Å². The first-order chi connectivity index (χ1) is 14.9. The molecule has 0 bridgehead atoms. The summed E-state index contributed by atoms with van der Waals surface area (Å²) in [6, 6.07) is 5.66. The number of hydrogen-bond donors (Lipinski definition) is 0. The zero-order valence-corrected chi connectivity index (χ0v) is 19.1. The van der Waals surface area contributed by atoms with Crippen LogP contribution in [0.1, 0.15) is 29.9 Å². The molecule has 7 nitrogen and oxygen atoms in total. The zero-order chi connectivity index (χ0) is 22.1. The molecule has 0 unspecified atom stereocenters. The van der Waals surface area contributed by atoms with Gasteiger partial charge in [-0.1, -0.05) is 13.8 Å². The molecule has 0 saturated carbocycles. The molecule has 0 atom stereocenters. The molecule has 1 amide bonds. The van der Waals surface area contributed by atoms with Crippen LogP contribution in [0, 0.1) is 5.92 Å². The van der Waals surface area contributed by atoms with Crippen molar-refractivity contribution >= 4 is 27.5 Å². The van der Waals surface area contributed by atoms with E-state index in [0.717, 1.165) is 32.3 Å². The van der Waals surface area contributed by atoms with Gasteiger partial charge >= 0.3 is 0 Å². The van der Waals surface area contributed by atoms with Gasteiger partial charge in [0.25, 0.3) is 5.56 Å². The lowest BCUT2D eigenvalue weighted by molar-refractivity contribution is -0.135. The maximum Gasteiger partial charge on any atom is 0.262 e. The van der Waals surface area contributed by atoms with Crippen LogP contribution in [0.2, 0.25) is 0 Å². The Morgan fingerprint density at radius 2 is 2.06 bits per heavy atom. The third kappa shape index (κ3) is 4.04. The number of benzene rings is 1. The van der Waals surface area contributed by atoms with Crippen LogP contribution >= 0.6 is 11.3 Å². The lowest BCUT2D eigenvalue weighted by atomic mass is 10.0. The molecule has 0 N–H and O–H groups in total. The summed E-state index contributed by atoms with van der Waals surface area (Å²) >= 11 is 1.53. The Kier molecular flexibility index (Phi) is 6.00. The second-order valence-corrected chi connectivity index (χ2v) is 9.10. The number of thiophene rings is 1. The Bertz CT molecular complexity index is 1180. The van der Waals surface area contributed by atoms with E-state index in [4.69, 9.17) is 9.47 Å². The van der Waals surface area contributed by atoms with Crippen molar-refractivity contribution in [2.75, 3.05) is 20.8 Å². The Hall–Kier alpha value is -2.87. The fraction of sp³-hybridized carbons (Fsp3) is 0.435. The van der Waals surface area contributed by atoms with Crippen molar-refractivity contribution in [2.45, 2.75) is 39.8 Å². The lowest BCUT2D eigenvalue weighted by Gasteiger charge is -2.28. The molecule has 0 radical (unpaired) electrons. The number of methoxy groups -OCH3 is 2. The van der Waals surface area contributed by atoms with E-state index in [2.05, 4.69) is 4.98 Å². The van der Waals surface area contributed by atoms with E-state index in [0.29, 0.717) is 37.9 Å². The predicted molar refractivity (Wildman–Crippen MR) is 121 cm³/mol. The number of hydrogen-bond acceptors (Lipinski definition) is 6. The van der Waals surface area contributed by atoms with Crippen LogP contribution in [-0.4, -0.2) is 41.1 Å². The molecule has 3 heterocycles. The first kappa shape index (κ1) is 21.4. The highest BCUT2D eigenvalue weighted by molar-refractivity contribution is 7.18. The highest BCUT2D eigenvalue weighted by atomic mass is 32.1. The number of carbonyl (C=O) groups excluding carboxylic acids is 1.